The van der Waals surface area contributed by atoms with E-state index >= 15 is 0 Å². The molecule has 4 heteroatoms. The van der Waals surface area contributed by atoms with Gasteiger partial charge in [0.1, 0.15) is 0 Å². The van der Waals surface area contributed by atoms with Crippen LogP contribution in [0.15, 0.2) is 28.7 Å². The summed E-state index contributed by atoms with van der Waals surface area (Å²) >= 11 is 8.93. The third-order valence-electron chi connectivity index (χ3n) is 4.32. The minimum atomic E-state index is 0.291. The fourth-order valence-corrected chi connectivity index (χ4v) is 3.78. The van der Waals surface area contributed by atoms with E-state index in [4.69, 9.17) is 12.2 Å². The molecule has 19 heavy (non-hydrogen) atoms. The Hall–Kier alpha value is -0.610. The second-order valence-corrected chi connectivity index (χ2v) is 7.05. The lowest BCUT2D eigenvalue weighted by atomic mass is 9.91. The van der Waals surface area contributed by atoms with Crippen LogP contribution in [0.1, 0.15) is 38.5 Å². The number of thiocarbonyl (C=S) groups is 1. The van der Waals surface area contributed by atoms with Gasteiger partial charge in [-0.05, 0) is 68.1 Å². The molecule has 0 aliphatic heterocycles. The molecule has 0 heterocycles. The Morgan fingerprint density at radius 1 is 1.16 bits per heavy atom. The SMILES string of the molecule is S=C(Nc1ccc(Br)cc1)NC1(C2CC2)CCCC1. The summed E-state index contributed by atoms with van der Waals surface area (Å²) in [6.45, 7) is 0. The van der Waals surface area contributed by atoms with Gasteiger partial charge >= 0.3 is 0 Å². The molecule has 2 nitrogen and oxygen atoms in total. The molecule has 0 bridgehead atoms. The second-order valence-electron chi connectivity index (χ2n) is 5.72. The predicted molar refractivity (Wildman–Crippen MR) is 87.4 cm³/mol. The van der Waals surface area contributed by atoms with Gasteiger partial charge in [0.15, 0.2) is 5.11 Å². The summed E-state index contributed by atoms with van der Waals surface area (Å²) in [6, 6.07) is 8.13. The quantitative estimate of drug-likeness (QED) is 0.795. The van der Waals surface area contributed by atoms with Gasteiger partial charge in [-0.15, -0.1) is 0 Å². The summed E-state index contributed by atoms with van der Waals surface area (Å²) in [5.41, 5.74) is 1.34. The molecule has 0 saturated heterocycles. The molecule has 0 atom stereocenters. The standard InChI is InChI=1S/C15H19BrN2S/c16-12-5-7-13(8-6-12)17-14(19)18-15(11-3-4-11)9-1-2-10-15/h5-8,11H,1-4,9-10H2,(H2,17,18,19). The van der Waals surface area contributed by atoms with Crippen molar-refractivity contribution < 1.29 is 0 Å². The first-order valence-electron chi connectivity index (χ1n) is 7.03. The van der Waals surface area contributed by atoms with Crippen molar-refractivity contribution in [3.05, 3.63) is 28.7 Å². The van der Waals surface area contributed by atoms with Gasteiger partial charge in [0.25, 0.3) is 0 Å². The Balaban J connectivity index is 1.62. The highest BCUT2D eigenvalue weighted by Gasteiger charge is 2.47. The Morgan fingerprint density at radius 2 is 1.79 bits per heavy atom. The molecule has 1 aromatic carbocycles. The van der Waals surface area contributed by atoms with Crippen LogP contribution in [0.3, 0.4) is 0 Å². The molecule has 1 aromatic rings. The van der Waals surface area contributed by atoms with E-state index in [1.54, 1.807) is 0 Å². The smallest absolute Gasteiger partial charge is 0.171 e. The van der Waals surface area contributed by atoms with Crippen molar-refractivity contribution in [2.45, 2.75) is 44.1 Å². The highest BCUT2D eigenvalue weighted by atomic mass is 79.9. The molecule has 0 amide bonds. The maximum Gasteiger partial charge on any atom is 0.171 e. The molecule has 2 aliphatic rings. The fraction of sp³-hybridized carbons (Fsp3) is 0.533. The summed E-state index contributed by atoms with van der Waals surface area (Å²) in [5, 5.41) is 7.70. The topological polar surface area (TPSA) is 24.1 Å². The van der Waals surface area contributed by atoms with Crippen LogP contribution in [0.5, 0.6) is 0 Å². The first-order chi connectivity index (χ1) is 9.18. The molecule has 2 fully saturated rings. The van der Waals surface area contributed by atoms with Gasteiger partial charge in [-0.1, -0.05) is 28.8 Å². The third-order valence-corrected chi connectivity index (χ3v) is 5.05. The Labute approximate surface area is 128 Å². The van der Waals surface area contributed by atoms with Gasteiger partial charge < -0.3 is 10.6 Å². The Morgan fingerprint density at radius 3 is 2.37 bits per heavy atom. The van der Waals surface area contributed by atoms with E-state index in [0.29, 0.717) is 5.54 Å². The third kappa shape index (κ3) is 3.11. The molecule has 2 aliphatic carbocycles. The monoisotopic (exact) mass is 338 g/mol. The number of benzene rings is 1. The Bertz CT molecular complexity index is 462. The summed E-state index contributed by atoms with van der Waals surface area (Å²) < 4.78 is 1.09. The van der Waals surface area contributed by atoms with Crippen LogP contribution in [-0.2, 0) is 0 Å². The van der Waals surface area contributed by atoms with E-state index in [9.17, 15) is 0 Å². The van der Waals surface area contributed by atoms with E-state index in [2.05, 4.69) is 26.6 Å². The summed E-state index contributed by atoms with van der Waals surface area (Å²) in [6.07, 6.45) is 7.97. The lowest BCUT2D eigenvalue weighted by molar-refractivity contribution is 0.340. The Kier molecular flexibility index (Phi) is 3.81. The van der Waals surface area contributed by atoms with Gasteiger partial charge in [-0.2, -0.15) is 0 Å². The number of anilines is 1. The fourth-order valence-electron chi connectivity index (χ4n) is 3.20. The maximum atomic E-state index is 5.49. The minimum absolute atomic E-state index is 0.291. The van der Waals surface area contributed by atoms with Crippen LogP contribution in [0, 0.1) is 5.92 Å². The zero-order chi connectivity index (χ0) is 13.3. The molecule has 0 radical (unpaired) electrons. The second kappa shape index (κ2) is 5.41. The van der Waals surface area contributed by atoms with Crippen LogP contribution in [0.4, 0.5) is 5.69 Å². The van der Waals surface area contributed by atoms with Crippen LogP contribution in [0.2, 0.25) is 0 Å². The van der Waals surface area contributed by atoms with Crippen molar-refractivity contribution in [2.75, 3.05) is 5.32 Å². The molecule has 102 valence electrons. The average molecular weight is 339 g/mol. The van der Waals surface area contributed by atoms with Crippen LogP contribution in [-0.4, -0.2) is 10.7 Å². The van der Waals surface area contributed by atoms with Crippen LogP contribution in [0.25, 0.3) is 0 Å². The molecule has 3 rings (SSSR count). The van der Waals surface area contributed by atoms with Gasteiger partial charge in [0.05, 0.1) is 0 Å². The van der Waals surface area contributed by atoms with Crippen molar-refractivity contribution in [3.63, 3.8) is 0 Å². The molecule has 2 saturated carbocycles. The first kappa shape index (κ1) is 13.4. The highest BCUT2D eigenvalue weighted by Crippen LogP contribution is 2.48. The van der Waals surface area contributed by atoms with E-state index < -0.39 is 0 Å². The van der Waals surface area contributed by atoms with Crippen molar-refractivity contribution >= 4 is 38.9 Å². The molecule has 0 unspecified atom stereocenters. The maximum absolute atomic E-state index is 5.49. The van der Waals surface area contributed by atoms with E-state index in [1.807, 2.05) is 24.3 Å². The summed E-state index contributed by atoms with van der Waals surface area (Å²) in [5.74, 6) is 0.847. The van der Waals surface area contributed by atoms with Crippen molar-refractivity contribution in [1.29, 1.82) is 0 Å². The number of nitrogens with one attached hydrogen (secondary N) is 2. The first-order valence-corrected chi connectivity index (χ1v) is 8.23. The van der Waals surface area contributed by atoms with Gasteiger partial charge in [0.2, 0.25) is 0 Å². The van der Waals surface area contributed by atoms with Crippen molar-refractivity contribution in [2.24, 2.45) is 5.92 Å². The average Bonchev–Trinajstić information content (AvgIpc) is 3.15. The van der Waals surface area contributed by atoms with Crippen LogP contribution >= 0.6 is 28.1 Å². The largest absolute Gasteiger partial charge is 0.357 e. The van der Waals surface area contributed by atoms with Crippen molar-refractivity contribution in [3.8, 4) is 0 Å². The van der Waals surface area contributed by atoms with Gasteiger partial charge in [0, 0.05) is 15.7 Å². The predicted octanol–water partition coefficient (Wildman–Crippen LogP) is 4.46. The highest BCUT2D eigenvalue weighted by molar-refractivity contribution is 9.10. The zero-order valence-corrected chi connectivity index (χ0v) is 13.3. The zero-order valence-electron chi connectivity index (χ0n) is 10.9. The summed E-state index contributed by atoms with van der Waals surface area (Å²) in [7, 11) is 0. The number of rotatable bonds is 3. The van der Waals surface area contributed by atoms with Gasteiger partial charge in [-0.25, -0.2) is 0 Å². The number of hydrogen-bond donors (Lipinski definition) is 2. The van der Waals surface area contributed by atoms with Crippen LogP contribution < -0.4 is 10.6 Å². The van der Waals surface area contributed by atoms with E-state index in [-0.39, 0.29) is 0 Å². The normalized spacial score (nSPS) is 21.1. The molecular weight excluding hydrogens is 320 g/mol. The van der Waals surface area contributed by atoms with E-state index in [0.717, 1.165) is 21.2 Å². The minimum Gasteiger partial charge on any atom is -0.357 e. The summed E-state index contributed by atoms with van der Waals surface area (Å²) in [4.78, 5) is 0. The number of halogens is 1. The van der Waals surface area contributed by atoms with E-state index in [1.165, 1.54) is 38.5 Å². The molecule has 0 aromatic heterocycles. The lowest BCUT2D eigenvalue weighted by Crippen LogP contribution is -2.49. The van der Waals surface area contributed by atoms with Gasteiger partial charge in [-0.3, -0.25) is 0 Å². The molecular formula is C15H19BrN2S. The van der Waals surface area contributed by atoms with Crippen molar-refractivity contribution in [1.82, 2.24) is 5.32 Å². The lowest BCUT2D eigenvalue weighted by Gasteiger charge is -2.32. The molecule has 0 spiro atoms. The molecule has 2 N–H and O–H groups in total. The number of hydrogen-bond acceptors (Lipinski definition) is 1.